The second-order valence-corrected chi connectivity index (χ2v) is 6.39. The first-order valence-corrected chi connectivity index (χ1v) is 8.99. The molecule has 2 rings (SSSR count). The summed E-state index contributed by atoms with van der Waals surface area (Å²) in [6, 6.07) is 3.61. The van der Waals surface area contributed by atoms with Crippen LogP contribution in [0.2, 0.25) is 0 Å². The molecule has 2 amide bonds. The Bertz CT molecular complexity index is 502. The molecule has 6 heteroatoms. The number of hydrogen-bond donors (Lipinski definition) is 2. The molecule has 2 heterocycles. The van der Waals surface area contributed by atoms with E-state index in [1.165, 1.54) is 25.9 Å². The number of likely N-dealkylation sites (tertiary alicyclic amines) is 1. The highest BCUT2D eigenvalue weighted by Crippen LogP contribution is 2.15. The molecule has 6 nitrogen and oxygen atoms in total. The van der Waals surface area contributed by atoms with Crippen molar-refractivity contribution in [1.82, 2.24) is 20.5 Å². The summed E-state index contributed by atoms with van der Waals surface area (Å²) in [5.41, 5.74) is 0.886. The predicted molar refractivity (Wildman–Crippen MR) is 95.1 cm³/mol. The molecule has 1 aromatic rings. The number of aromatic nitrogens is 1. The van der Waals surface area contributed by atoms with Crippen LogP contribution in [0.1, 0.15) is 38.7 Å². The number of amides is 2. The first-order chi connectivity index (χ1) is 11.7. The normalized spacial score (nSPS) is 15.9. The summed E-state index contributed by atoms with van der Waals surface area (Å²) in [5, 5.41) is 5.77. The van der Waals surface area contributed by atoms with Gasteiger partial charge in [-0.05, 0) is 57.8 Å². The SMILES string of the molecule is CCOc1ncccc1CNC(=O)NCCCN1CCC(C)CC1. The lowest BCUT2D eigenvalue weighted by atomic mass is 9.99. The molecule has 0 spiro atoms. The van der Waals surface area contributed by atoms with Crippen molar-refractivity contribution in [2.24, 2.45) is 5.92 Å². The highest BCUT2D eigenvalue weighted by molar-refractivity contribution is 5.73. The zero-order valence-electron chi connectivity index (χ0n) is 14.9. The number of nitrogens with one attached hydrogen (secondary N) is 2. The van der Waals surface area contributed by atoms with E-state index in [1.807, 2.05) is 19.1 Å². The molecule has 0 aromatic carbocycles. The van der Waals surface area contributed by atoms with Crippen LogP contribution in [0.4, 0.5) is 4.79 Å². The Hall–Kier alpha value is -1.82. The Balaban J connectivity index is 1.60. The maximum atomic E-state index is 11.9. The van der Waals surface area contributed by atoms with Crippen molar-refractivity contribution in [3.63, 3.8) is 0 Å². The summed E-state index contributed by atoms with van der Waals surface area (Å²) in [4.78, 5) is 18.6. The van der Waals surface area contributed by atoms with Gasteiger partial charge in [0.05, 0.1) is 6.61 Å². The summed E-state index contributed by atoms with van der Waals surface area (Å²) >= 11 is 0. The maximum Gasteiger partial charge on any atom is 0.315 e. The standard InChI is InChI=1S/C18H30N4O2/c1-3-24-17-16(6-4-9-19-17)14-21-18(23)20-10-5-11-22-12-7-15(2)8-13-22/h4,6,9,15H,3,5,7-8,10-14H2,1-2H3,(H2,20,21,23). The molecular weight excluding hydrogens is 304 g/mol. The van der Waals surface area contributed by atoms with Crippen LogP contribution in [0.25, 0.3) is 0 Å². The fourth-order valence-corrected chi connectivity index (χ4v) is 2.85. The Labute approximate surface area is 145 Å². The lowest BCUT2D eigenvalue weighted by Crippen LogP contribution is -2.38. The average molecular weight is 334 g/mol. The minimum Gasteiger partial charge on any atom is -0.478 e. The van der Waals surface area contributed by atoms with Gasteiger partial charge in [0.25, 0.3) is 0 Å². The van der Waals surface area contributed by atoms with Gasteiger partial charge in [0.2, 0.25) is 5.88 Å². The lowest BCUT2D eigenvalue weighted by Gasteiger charge is -2.30. The van der Waals surface area contributed by atoms with Crippen LogP contribution in [0.3, 0.4) is 0 Å². The van der Waals surface area contributed by atoms with Crippen molar-refractivity contribution in [3.8, 4) is 5.88 Å². The number of urea groups is 1. The lowest BCUT2D eigenvalue weighted by molar-refractivity contribution is 0.190. The molecule has 0 saturated carbocycles. The third kappa shape index (κ3) is 6.35. The quantitative estimate of drug-likeness (QED) is 0.717. The highest BCUT2D eigenvalue weighted by atomic mass is 16.5. The number of pyridine rings is 1. The molecule has 0 bridgehead atoms. The minimum atomic E-state index is -0.145. The van der Waals surface area contributed by atoms with E-state index in [9.17, 15) is 4.79 Å². The predicted octanol–water partition coefficient (Wildman–Crippen LogP) is 2.40. The average Bonchev–Trinajstić information content (AvgIpc) is 2.60. The summed E-state index contributed by atoms with van der Waals surface area (Å²) in [6.07, 6.45) is 5.26. The molecular formula is C18H30N4O2. The van der Waals surface area contributed by atoms with E-state index >= 15 is 0 Å². The van der Waals surface area contributed by atoms with Gasteiger partial charge in [-0.1, -0.05) is 13.0 Å². The Kier molecular flexibility index (Phi) is 7.82. The van der Waals surface area contributed by atoms with Crippen molar-refractivity contribution in [1.29, 1.82) is 0 Å². The number of hydrogen-bond acceptors (Lipinski definition) is 4. The van der Waals surface area contributed by atoms with E-state index < -0.39 is 0 Å². The Morgan fingerprint density at radius 1 is 1.38 bits per heavy atom. The zero-order valence-corrected chi connectivity index (χ0v) is 14.9. The first-order valence-electron chi connectivity index (χ1n) is 8.99. The van der Waals surface area contributed by atoms with Crippen molar-refractivity contribution in [2.75, 3.05) is 32.8 Å². The third-order valence-electron chi connectivity index (χ3n) is 4.38. The molecule has 134 valence electrons. The van der Waals surface area contributed by atoms with Crippen LogP contribution in [0.15, 0.2) is 18.3 Å². The van der Waals surface area contributed by atoms with Crippen LogP contribution >= 0.6 is 0 Å². The van der Waals surface area contributed by atoms with Gasteiger partial charge < -0.3 is 20.3 Å². The van der Waals surface area contributed by atoms with Crippen LogP contribution in [0.5, 0.6) is 5.88 Å². The minimum absolute atomic E-state index is 0.145. The molecule has 0 atom stereocenters. The van der Waals surface area contributed by atoms with Crippen molar-refractivity contribution in [2.45, 2.75) is 39.7 Å². The van der Waals surface area contributed by atoms with Crippen molar-refractivity contribution < 1.29 is 9.53 Å². The summed E-state index contributed by atoms with van der Waals surface area (Å²) in [6.45, 7) is 9.35. The number of nitrogens with zero attached hydrogens (tertiary/aromatic N) is 2. The molecule has 0 radical (unpaired) electrons. The molecule has 1 aromatic heterocycles. The Morgan fingerprint density at radius 3 is 2.92 bits per heavy atom. The number of carbonyl (C=O) groups is 1. The van der Waals surface area contributed by atoms with E-state index in [1.54, 1.807) is 6.20 Å². The molecule has 24 heavy (non-hydrogen) atoms. The number of piperidine rings is 1. The van der Waals surface area contributed by atoms with Gasteiger partial charge in [-0.25, -0.2) is 9.78 Å². The van der Waals surface area contributed by atoms with E-state index in [-0.39, 0.29) is 6.03 Å². The fraction of sp³-hybridized carbons (Fsp3) is 0.667. The van der Waals surface area contributed by atoms with Gasteiger partial charge in [-0.3, -0.25) is 0 Å². The molecule has 1 fully saturated rings. The van der Waals surface area contributed by atoms with Gasteiger partial charge in [-0.2, -0.15) is 0 Å². The molecule has 1 aliphatic rings. The van der Waals surface area contributed by atoms with Gasteiger partial charge in [0.15, 0.2) is 0 Å². The molecule has 1 aliphatic heterocycles. The van der Waals surface area contributed by atoms with Crippen molar-refractivity contribution in [3.05, 3.63) is 23.9 Å². The second kappa shape index (κ2) is 10.1. The van der Waals surface area contributed by atoms with E-state index in [4.69, 9.17) is 4.74 Å². The Morgan fingerprint density at radius 2 is 2.17 bits per heavy atom. The van der Waals surface area contributed by atoms with Gasteiger partial charge in [-0.15, -0.1) is 0 Å². The largest absolute Gasteiger partial charge is 0.478 e. The van der Waals surface area contributed by atoms with Gasteiger partial charge in [0.1, 0.15) is 0 Å². The summed E-state index contributed by atoms with van der Waals surface area (Å²) < 4.78 is 5.45. The molecule has 0 aliphatic carbocycles. The first kappa shape index (κ1) is 18.5. The number of rotatable bonds is 8. The van der Waals surface area contributed by atoms with Gasteiger partial charge in [0, 0.05) is 24.8 Å². The highest BCUT2D eigenvalue weighted by Gasteiger charge is 2.14. The third-order valence-corrected chi connectivity index (χ3v) is 4.38. The zero-order chi connectivity index (χ0) is 17.2. The van der Waals surface area contributed by atoms with E-state index in [0.29, 0.717) is 25.6 Å². The molecule has 2 N–H and O–H groups in total. The monoisotopic (exact) mass is 334 g/mol. The van der Waals surface area contributed by atoms with Crippen LogP contribution in [0, 0.1) is 5.92 Å². The van der Waals surface area contributed by atoms with Crippen LogP contribution in [-0.2, 0) is 6.54 Å². The molecule has 1 saturated heterocycles. The topological polar surface area (TPSA) is 66.5 Å². The second-order valence-electron chi connectivity index (χ2n) is 6.39. The van der Waals surface area contributed by atoms with Crippen LogP contribution < -0.4 is 15.4 Å². The smallest absolute Gasteiger partial charge is 0.315 e. The summed E-state index contributed by atoms with van der Waals surface area (Å²) in [7, 11) is 0. The number of ether oxygens (including phenoxy) is 1. The fourth-order valence-electron chi connectivity index (χ4n) is 2.85. The van der Waals surface area contributed by atoms with E-state index in [0.717, 1.165) is 24.4 Å². The maximum absolute atomic E-state index is 11.9. The van der Waals surface area contributed by atoms with Gasteiger partial charge >= 0.3 is 6.03 Å². The van der Waals surface area contributed by atoms with E-state index in [2.05, 4.69) is 27.4 Å². The van der Waals surface area contributed by atoms with Crippen LogP contribution in [-0.4, -0.2) is 48.7 Å². The molecule has 0 unspecified atom stereocenters. The van der Waals surface area contributed by atoms with Crippen molar-refractivity contribution >= 4 is 6.03 Å². The number of carbonyl (C=O) groups excluding carboxylic acids is 1. The summed E-state index contributed by atoms with van der Waals surface area (Å²) in [5.74, 6) is 1.44.